The second-order valence-corrected chi connectivity index (χ2v) is 7.46. The number of hydrogen-bond acceptors (Lipinski definition) is 5. The monoisotopic (exact) mass is 380 g/mol. The van der Waals surface area contributed by atoms with Crippen LogP contribution in [-0.2, 0) is 16.0 Å². The van der Waals surface area contributed by atoms with Crippen molar-refractivity contribution in [1.29, 1.82) is 0 Å². The number of hydrogen-bond donors (Lipinski definition) is 2. The summed E-state index contributed by atoms with van der Waals surface area (Å²) < 4.78 is 34.7. The van der Waals surface area contributed by atoms with Gasteiger partial charge in [-0.05, 0) is 12.0 Å². The smallest absolute Gasteiger partial charge is 0.264 e. The summed E-state index contributed by atoms with van der Waals surface area (Å²) in [5.41, 5.74) is 0.876. The molecule has 2 unspecified atom stereocenters. The summed E-state index contributed by atoms with van der Waals surface area (Å²) in [6.07, 6.45) is -0.352. The first-order chi connectivity index (χ1) is 13.0. The van der Waals surface area contributed by atoms with E-state index in [1.807, 2.05) is 30.3 Å². The molecule has 0 spiro atoms. The Hall–Kier alpha value is -1.61. The van der Waals surface area contributed by atoms with Crippen molar-refractivity contribution in [3.63, 3.8) is 0 Å². The molecular weight excluding hydrogens is 354 g/mol. The van der Waals surface area contributed by atoms with Gasteiger partial charge in [0.25, 0.3) is 5.92 Å². The number of rotatable bonds is 4. The first kappa shape index (κ1) is 18.7. The number of ether oxygens (including phenoxy) is 1. The van der Waals surface area contributed by atoms with Gasteiger partial charge in [0, 0.05) is 26.1 Å². The number of amides is 1. The molecule has 3 aliphatic heterocycles. The second-order valence-electron chi connectivity index (χ2n) is 7.46. The Bertz CT molecular complexity index is 654. The molecule has 0 radical (unpaired) electrons. The molecule has 1 aromatic rings. The van der Waals surface area contributed by atoms with E-state index in [4.69, 9.17) is 4.74 Å². The lowest BCUT2D eigenvalue weighted by atomic mass is 10.0. The van der Waals surface area contributed by atoms with Crippen molar-refractivity contribution < 1.29 is 18.3 Å². The molecule has 1 aromatic carbocycles. The van der Waals surface area contributed by atoms with E-state index in [1.165, 1.54) is 0 Å². The lowest BCUT2D eigenvalue weighted by molar-refractivity contribution is -0.132. The molecular formula is C19H26F2N4O2. The number of halogens is 2. The van der Waals surface area contributed by atoms with Crippen molar-refractivity contribution in [2.24, 2.45) is 0 Å². The van der Waals surface area contributed by atoms with Crippen molar-refractivity contribution in [2.45, 2.75) is 43.7 Å². The maximum absolute atomic E-state index is 14.6. The molecule has 0 aromatic heterocycles. The van der Waals surface area contributed by atoms with Gasteiger partial charge in [-0.2, -0.15) is 0 Å². The molecule has 148 valence electrons. The van der Waals surface area contributed by atoms with Crippen molar-refractivity contribution in [3.8, 4) is 0 Å². The Labute approximate surface area is 157 Å². The Balaban J connectivity index is 1.50. The zero-order valence-corrected chi connectivity index (χ0v) is 15.2. The number of morpholine rings is 1. The molecule has 3 aliphatic rings. The van der Waals surface area contributed by atoms with Crippen LogP contribution < -0.4 is 10.6 Å². The average Bonchev–Trinajstić information content (AvgIpc) is 2.97. The molecule has 0 aliphatic carbocycles. The van der Waals surface area contributed by atoms with Crippen molar-refractivity contribution >= 4 is 5.91 Å². The van der Waals surface area contributed by atoms with Crippen LogP contribution in [0.1, 0.15) is 18.4 Å². The number of carbonyl (C=O) groups excluding carboxylic acids is 1. The summed E-state index contributed by atoms with van der Waals surface area (Å²) in [6, 6.07) is 8.40. The van der Waals surface area contributed by atoms with Gasteiger partial charge in [-0.15, -0.1) is 0 Å². The first-order valence-corrected chi connectivity index (χ1v) is 9.58. The Morgan fingerprint density at radius 2 is 1.89 bits per heavy atom. The van der Waals surface area contributed by atoms with Gasteiger partial charge in [-0.3, -0.25) is 19.9 Å². The topological polar surface area (TPSA) is 56.8 Å². The van der Waals surface area contributed by atoms with Crippen LogP contribution in [0.2, 0.25) is 0 Å². The molecule has 6 nitrogen and oxygen atoms in total. The largest absolute Gasteiger partial charge is 0.379 e. The number of carbonyl (C=O) groups is 1. The minimum absolute atomic E-state index is 0.107. The quantitative estimate of drug-likeness (QED) is 0.816. The van der Waals surface area contributed by atoms with Crippen molar-refractivity contribution in [1.82, 2.24) is 20.4 Å². The van der Waals surface area contributed by atoms with Gasteiger partial charge in [-0.1, -0.05) is 30.3 Å². The van der Waals surface area contributed by atoms with Gasteiger partial charge in [0.1, 0.15) is 6.29 Å². The summed E-state index contributed by atoms with van der Waals surface area (Å²) in [7, 11) is 0. The third-order valence-corrected chi connectivity index (χ3v) is 5.71. The molecule has 3 heterocycles. The van der Waals surface area contributed by atoms with Crippen LogP contribution in [0.4, 0.5) is 8.78 Å². The van der Waals surface area contributed by atoms with Crippen LogP contribution in [0.15, 0.2) is 30.3 Å². The molecule has 3 saturated heterocycles. The first-order valence-electron chi connectivity index (χ1n) is 9.58. The van der Waals surface area contributed by atoms with Crippen molar-refractivity contribution in [3.05, 3.63) is 35.9 Å². The zero-order chi connectivity index (χ0) is 18.9. The molecule has 27 heavy (non-hydrogen) atoms. The van der Waals surface area contributed by atoms with Crippen LogP contribution in [0.5, 0.6) is 0 Å². The number of nitrogens with zero attached hydrogens (tertiary/aromatic N) is 2. The molecule has 2 N–H and O–H groups in total. The maximum atomic E-state index is 14.6. The molecule has 3 fully saturated rings. The van der Waals surface area contributed by atoms with E-state index < -0.39 is 18.3 Å². The van der Waals surface area contributed by atoms with E-state index in [0.29, 0.717) is 19.6 Å². The van der Waals surface area contributed by atoms with E-state index in [1.54, 1.807) is 4.90 Å². The van der Waals surface area contributed by atoms with Crippen LogP contribution in [0, 0.1) is 0 Å². The minimum atomic E-state index is -2.78. The highest BCUT2D eigenvalue weighted by atomic mass is 19.3. The lowest BCUT2D eigenvalue weighted by Gasteiger charge is -2.44. The fraction of sp³-hybridized carbons (Fsp3) is 0.632. The van der Waals surface area contributed by atoms with E-state index in [2.05, 4.69) is 15.5 Å². The summed E-state index contributed by atoms with van der Waals surface area (Å²) in [5, 5.41) is 6.25. The van der Waals surface area contributed by atoms with Crippen LogP contribution >= 0.6 is 0 Å². The highest BCUT2D eigenvalue weighted by Crippen LogP contribution is 2.37. The maximum Gasteiger partial charge on any atom is 0.264 e. The number of likely N-dealkylation sites (tertiary alicyclic amines) is 1. The van der Waals surface area contributed by atoms with Gasteiger partial charge >= 0.3 is 0 Å². The molecule has 8 heteroatoms. The Kier molecular flexibility index (Phi) is 5.41. The fourth-order valence-corrected chi connectivity index (χ4v) is 4.23. The van der Waals surface area contributed by atoms with E-state index in [0.717, 1.165) is 18.7 Å². The normalized spacial score (nSPS) is 32.4. The van der Waals surface area contributed by atoms with E-state index in [9.17, 15) is 13.6 Å². The van der Waals surface area contributed by atoms with Gasteiger partial charge < -0.3 is 10.1 Å². The van der Waals surface area contributed by atoms with Crippen LogP contribution in [0.25, 0.3) is 0 Å². The van der Waals surface area contributed by atoms with Gasteiger partial charge in [0.2, 0.25) is 5.91 Å². The zero-order valence-electron chi connectivity index (χ0n) is 15.2. The summed E-state index contributed by atoms with van der Waals surface area (Å²) in [5.74, 6) is -2.89. The number of benzene rings is 1. The third-order valence-electron chi connectivity index (χ3n) is 5.71. The van der Waals surface area contributed by atoms with Crippen molar-refractivity contribution in [2.75, 3.05) is 32.8 Å². The molecule has 3 atom stereocenters. The predicted molar refractivity (Wildman–Crippen MR) is 96.1 cm³/mol. The number of alkyl halides is 2. The van der Waals surface area contributed by atoms with E-state index >= 15 is 0 Å². The number of nitrogens with one attached hydrogen (secondary N) is 2. The summed E-state index contributed by atoms with van der Waals surface area (Å²) in [4.78, 5) is 16.2. The molecule has 1 amide bonds. The lowest BCUT2D eigenvalue weighted by Crippen LogP contribution is -2.69. The molecule has 0 saturated carbocycles. The highest BCUT2D eigenvalue weighted by molar-refractivity contribution is 5.77. The van der Waals surface area contributed by atoms with Gasteiger partial charge in [0.15, 0.2) is 0 Å². The molecule has 4 rings (SSSR count). The highest BCUT2D eigenvalue weighted by Gasteiger charge is 2.52. The summed E-state index contributed by atoms with van der Waals surface area (Å²) >= 11 is 0. The van der Waals surface area contributed by atoms with E-state index in [-0.39, 0.29) is 31.5 Å². The Morgan fingerprint density at radius 3 is 2.63 bits per heavy atom. The standard InChI is InChI=1S/C19H26F2N4O2/c20-19(21)6-7-25(15(19)12-14-4-2-1-3-5-14)18-22-16(13-17(26)23-18)24-8-10-27-11-9-24/h1-5,15-16,18,22H,6-13H2,(H,23,26)/t15-,16?,18?/m0/s1. The van der Waals surface area contributed by atoms with Crippen LogP contribution in [0.3, 0.4) is 0 Å². The minimum Gasteiger partial charge on any atom is -0.379 e. The van der Waals surface area contributed by atoms with Gasteiger partial charge in [-0.25, -0.2) is 8.78 Å². The third kappa shape index (κ3) is 4.13. The second kappa shape index (κ2) is 7.79. The van der Waals surface area contributed by atoms with Gasteiger partial charge in [0.05, 0.1) is 31.8 Å². The predicted octanol–water partition coefficient (Wildman–Crippen LogP) is 0.990. The fourth-order valence-electron chi connectivity index (χ4n) is 4.23. The molecule has 0 bridgehead atoms. The summed E-state index contributed by atoms with van der Waals surface area (Å²) in [6.45, 7) is 2.98. The SMILES string of the molecule is O=C1CC(N2CCOCC2)NC(N2CCC(F)(F)[C@@H]2Cc2ccccc2)N1. The average molecular weight is 380 g/mol. The van der Waals surface area contributed by atoms with Crippen LogP contribution in [-0.4, -0.2) is 73.0 Å². The Morgan fingerprint density at radius 1 is 1.15 bits per heavy atom.